The van der Waals surface area contributed by atoms with E-state index in [0.717, 1.165) is 6.07 Å². The van der Waals surface area contributed by atoms with E-state index < -0.39 is 15.8 Å². The summed E-state index contributed by atoms with van der Waals surface area (Å²) < 4.78 is 51.5. The van der Waals surface area contributed by atoms with E-state index in [1.165, 1.54) is 42.5 Å². The minimum Gasteiger partial charge on any atom is -0.493 e. The lowest BCUT2D eigenvalue weighted by Crippen LogP contribution is -2.28. The average molecular weight is 444 g/mol. The third-order valence-corrected chi connectivity index (χ3v) is 5.64. The van der Waals surface area contributed by atoms with Crippen LogP contribution in [-0.2, 0) is 10.0 Å². The van der Waals surface area contributed by atoms with Gasteiger partial charge in [0.1, 0.15) is 12.4 Å². The molecule has 162 valence electrons. The molecule has 7 nitrogen and oxygen atoms in total. The maximum absolute atomic E-state index is 13.7. The average Bonchev–Trinajstić information content (AvgIpc) is 2.78. The summed E-state index contributed by atoms with van der Waals surface area (Å²) in [5.74, 6) is 0.0952. The summed E-state index contributed by atoms with van der Waals surface area (Å²) in [6.45, 7) is 0.469. The Morgan fingerprint density at radius 2 is 1.58 bits per heavy atom. The fourth-order valence-electron chi connectivity index (χ4n) is 2.70. The van der Waals surface area contributed by atoms with Gasteiger partial charge in [-0.05, 0) is 48.5 Å². The maximum atomic E-state index is 13.7. The maximum Gasteiger partial charge on any atom is 0.261 e. The van der Waals surface area contributed by atoms with Gasteiger partial charge in [0.05, 0.1) is 24.2 Å². The van der Waals surface area contributed by atoms with E-state index in [1.54, 1.807) is 19.2 Å². The van der Waals surface area contributed by atoms with Crippen LogP contribution >= 0.6 is 0 Å². The van der Waals surface area contributed by atoms with E-state index >= 15 is 0 Å². The van der Waals surface area contributed by atoms with E-state index in [1.807, 2.05) is 12.1 Å². The summed E-state index contributed by atoms with van der Waals surface area (Å²) in [6.07, 6.45) is 0. The van der Waals surface area contributed by atoms with Crippen LogP contribution in [0.5, 0.6) is 11.5 Å². The minimum absolute atomic E-state index is 0.0909. The van der Waals surface area contributed by atoms with Crippen molar-refractivity contribution in [2.75, 3.05) is 25.0 Å². The van der Waals surface area contributed by atoms with Gasteiger partial charge in [-0.1, -0.05) is 24.3 Å². The number of benzene rings is 3. The fourth-order valence-corrected chi connectivity index (χ4v) is 3.77. The van der Waals surface area contributed by atoms with Crippen molar-refractivity contribution in [2.45, 2.75) is 4.90 Å². The third-order valence-electron chi connectivity index (χ3n) is 4.26. The summed E-state index contributed by atoms with van der Waals surface area (Å²) in [4.78, 5) is 12.2. The van der Waals surface area contributed by atoms with Crippen LogP contribution in [0, 0.1) is 5.82 Å². The van der Waals surface area contributed by atoms with Gasteiger partial charge < -0.3 is 14.8 Å². The van der Waals surface area contributed by atoms with Gasteiger partial charge in [-0.25, -0.2) is 12.8 Å². The Balaban J connectivity index is 1.55. The SMILES string of the molecule is COc1ccccc1OCCNC(=O)c1ccc(S(=O)(=O)Nc2ccccc2F)cc1. The van der Waals surface area contributed by atoms with Gasteiger partial charge >= 0.3 is 0 Å². The van der Waals surface area contributed by atoms with Crippen molar-refractivity contribution in [3.8, 4) is 11.5 Å². The molecule has 1 amide bonds. The van der Waals surface area contributed by atoms with Crippen molar-refractivity contribution in [2.24, 2.45) is 0 Å². The van der Waals surface area contributed by atoms with Crippen LogP contribution in [0.2, 0.25) is 0 Å². The molecule has 0 heterocycles. The number of carbonyl (C=O) groups excluding carboxylic acids is 1. The number of ether oxygens (including phenoxy) is 2. The van der Waals surface area contributed by atoms with Crippen molar-refractivity contribution in [1.82, 2.24) is 5.32 Å². The topological polar surface area (TPSA) is 93.7 Å². The standard InChI is InChI=1S/C22H21FN2O5S/c1-29-20-8-4-5-9-21(20)30-15-14-24-22(26)16-10-12-17(13-11-16)31(27,28)25-19-7-3-2-6-18(19)23/h2-13,25H,14-15H2,1H3,(H,24,26). The molecule has 2 N–H and O–H groups in total. The molecule has 0 unspecified atom stereocenters. The molecule has 3 aromatic carbocycles. The quantitative estimate of drug-likeness (QED) is 0.493. The highest BCUT2D eigenvalue weighted by molar-refractivity contribution is 7.92. The van der Waals surface area contributed by atoms with Crippen molar-refractivity contribution in [1.29, 1.82) is 0 Å². The Morgan fingerprint density at radius 1 is 0.935 bits per heavy atom. The van der Waals surface area contributed by atoms with Gasteiger partial charge in [-0.3, -0.25) is 9.52 Å². The number of nitrogens with one attached hydrogen (secondary N) is 2. The lowest BCUT2D eigenvalue weighted by molar-refractivity contribution is 0.0946. The summed E-state index contributed by atoms with van der Waals surface area (Å²) >= 11 is 0. The molecule has 3 rings (SSSR count). The van der Waals surface area contributed by atoms with Gasteiger partial charge in [0.2, 0.25) is 0 Å². The minimum atomic E-state index is -3.99. The van der Waals surface area contributed by atoms with Crippen LogP contribution in [0.4, 0.5) is 10.1 Å². The summed E-state index contributed by atoms with van der Waals surface area (Å²) in [5.41, 5.74) is 0.126. The number of halogens is 1. The van der Waals surface area contributed by atoms with E-state index in [0.29, 0.717) is 11.5 Å². The zero-order chi connectivity index (χ0) is 22.3. The molecular formula is C22H21FN2O5S. The number of hydrogen-bond donors (Lipinski definition) is 2. The van der Waals surface area contributed by atoms with Gasteiger partial charge in [0.15, 0.2) is 11.5 Å². The Bertz CT molecular complexity index is 1150. The molecule has 0 spiro atoms. The van der Waals surface area contributed by atoms with Crippen molar-refractivity contribution in [3.05, 3.63) is 84.2 Å². The van der Waals surface area contributed by atoms with Crippen molar-refractivity contribution < 1.29 is 27.1 Å². The van der Waals surface area contributed by atoms with Gasteiger partial charge in [0, 0.05) is 5.56 Å². The molecule has 0 radical (unpaired) electrons. The number of methoxy groups -OCH3 is 1. The summed E-state index contributed by atoms with van der Waals surface area (Å²) in [6, 6.07) is 17.9. The molecule has 0 aliphatic rings. The van der Waals surface area contributed by atoms with Crippen LogP contribution in [0.3, 0.4) is 0 Å². The monoisotopic (exact) mass is 444 g/mol. The molecule has 0 fully saturated rings. The molecule has 9 heteroatoms. The lowest BCUT2D eigenvalue weighted by atomic mass is 10.2. The zero-order valence-corrected chi connectivity index (χ0v) is 17.5. The van der Waals surface area contributed by atoms with Crippen LogP contribution in [0.25, 0.3) is 0 Å². The van der Waals surface area contributed by atoms with Gasteiger partial charge in [0.25, 0.3) is 15.9 Å². The molecular weight excluding hydrogens is 423 g/mol. The second kappa shape index (κ2) is 9.94. The third kappa shape index (κ3) is 5.73. The van der Waals surface area contributed by atoms with Crippen molar-refractivity contribution in [3.63, 3.8) is 0 Å². The number of para-hydroxylation sites is 3. The molecule has 31 heavy (non-hydrogen) atoms. The first-order valence-electron chi connectivity index (χ1n) is 9.32. The molecule has 0 bridgehead atoms. The van der Waals surface area contributed by atoms with E-state index in [9.17, 15) is 17.6 Å². The number of hydrogen-bond acceptors (Lipinski definition) is 5. The highest BCUT2D eigenvalue weighted by atomic mass is 32.2. The first-order valence-corrected chi connectivity index (χ1v) is 10.8. The van der Waals surface area contributed by atoms with Crippen LogP contribution < -0.4 is 19.5 Å². The largest absolute Gasteiger partial charge is 0.493 e. The predicted molar refractivity (Wildman–Crippen MR) is 114 cm³/mol. The highest BCUT2D eigenvalue weighted by Gasteiger charge is 2.17. The second-order valence-corrected chi connectivity index (χ2v) is 8.05. The molecule has 0 atom stereocenters. The summed E-state index contributed by atoms with van der Waals surface area (Å²) in [5, 5.41) is 2.69. The lowest BCUT2D eigenvalue weighted by Gasteiger charge is -2.11. The number of amides is 1. The number of rotatable bonds is 9. The molecule has 0 aliphatic carbocycles. The molecule has 3 aromatic rings. The molecule has 0 aliphatic heterocycles. The Labute approximate surface area is 179 Å². The number of anilines is 1. The predicted octanol–water partition coefficient (Wildman–Crippen LogP) is 3.44. The first kappa shape index (κ1) is 22.1. The van der Waals surface area contributed by atoms with E-state index in [-0.39, 0.29) is 35.2 Å². The van der Waals surface area contributed by atoms with Crippen LogP contribution in [0.1, 0.15) is 10.4 Å². The van der Waals surface area contributed by atoms with E-state index in [4.69, 9.17) is 9.47 Å². The van der Waals surface area contributed by atoms with Crippen molar-refractivity contribution >= 4 is 21.6 Å². The Kier molecular flexibility index (Phi) is 7.09. The number of carbonyl (C=O) groups is 1. The Hall–Kier alpha value is -3.59. The zero-order valence-electron chi connectivity index (χ0n) is 16.7. The molecule has 0 saturated heterocycles. The van der Waals surface area contributed by atoms with Crippen LogP contribution in [-0.4, -0.2) is 34.6 Å². The first-order chi connectivity index (χ1) is 14.9. The Morgan fingerprint density at radius 3 is 2.26 bits per heavy atom. The van der Waals surface area contributed by atoms with Gasteiger partial charge in [-0.15, -0.1) is 0 Å². The summed E-state index contributed by atoms with van der Waals surface area (Å²) in [7, 11) is -2.45. The smallest absolute Gasteiger partial charge is 0.261 e. The molecule has 0 saturated carbocycles. The fraction of sp³-hybridized carbons (Fsp3) is 0.136. The second-order valence-electron chi connectivity index (χ2n) is 6.36. The number of sulfonamides is 1. The van der Waals surface area contributed by atoms with E-state index in [2.05, 4.69) is 10.0 Å². The highest BCUT2D eigenvalue weighted by Crippen LogP contribution is 2.25. The van der Waals surface area contributed by atoms with Gasteiger partial charge in [-0.2, -0.15) is 0 Å². The molecule has 0 aromatic heterocycles. The normalized spacial score (nSPS) is 10.9. The van der Waals surface area contributed by atoms with Crippen LogP contribution in [0.15, 0.2) is 77.7 Å².